The minimum Gasteiger partial charge on any atom is -0.370 e. The molecular weight excluding hydrogens is 416 g/mol. The van der Waals surface area contributed by atoms with Crippen LogP contribution in [0.1, 0.15) is 25.3 Å². The summed E-state index contributed by atoms with van der Waals surface area (Å²) in [6.07, 6.45) is 2.25. The maximum Gasteiger partial charge on any atom is 0.325 e. The molecule has 33 heavy (non-hydrogen) atoms. The summed E-state index contributed by atoms with van der Waals surface area (Å²) in [5, 5.41) is 7.71. The van der Waals surface area contributed by atoms with Crippen LogP contribution in [-0.2, 0) is 15.1 Å². The molecule has 3 aromatic rings. The Morgan fingerprint density at radius 2 is 1.67 bits per heavy atom. The first-order valence-corrected chi connectivity index (χ1v) is 11.2. The minimum absolute atomic E-state index is 0.345. The molecule has 0 saturated carbocycles. The summed E-state index contributed by atoms with van der Waals surface area (Å²) in [6.45, 7) is 3.23. The number of hydrogen-bond acceptors (Lipinski definition) is 4. The monoisotopic (exact) mass is 442 g/mol. The Kier molecular flexibility index (Phi) is 5.24. The minimum atomic E-state index is -1.23. The number of nitrogens with one attached hydrogen (secondary N) is 2. The van der Waals surface area contributed by atoms with Gasteiger partial charge >= 0.3 is 6.03 Å². The molecule has 0 radical (unpaired) electrons. The van der Waals surface area contributed by atoms with E-state index in [2.05, 4.69) is 15.5 Å². The van der Waals surface area contributed by atoms with E-state index in [1.807, 2.05) is 66.7 Å². The van der Waals surface area contributed by atoms with E-state index in [4.69, 9.17) is 0 Å². The summed E-state index contributed by atoms with van der Waals surface area (Å²) in [5.41, 5.74) is 1.10. The molecule has 7 heteroatoms. The Balaban J connectivity index is 1.34. The van der Waals surface area contributed by atoms with Gasteiger partial charge in [-0.15, -0.1) is 0 Å². The van der Waals surface area contributed by atoms with E-state index in [1.165, 1.54) is 0 Å². The highest BCUT2D eigenvalue weighted by Crippen LogP contribution is 2.32. The van der Waals surface area contributed by atoms with Gasteiger partial charge in [0, 0.05) is 13.1 Å². The topological polar surface area (TPSA) is 81.8 Å². The van der Waals surface area contributed by atoms with Crippen LogP contribution in [0.5, 0.6) is 0 Å². The maximum absolute atomic E-state index is 13.3. The summed E-state index contributed by atoms with van der Waals surface area (Å²) < 4.78 is 0. The zero-order valence-corrected chi connectivity index (χ0v) is 18.5. The number of anilines is 2. The van der Waals surface area contributed by atoms with Gasteiger partial charge in [0.1, 0.15) is 12.1 Å². The van der Waals surface area contributed by atoms with E-state index >= 15 is 0 Å². The second-order valence-corrected chi connectivity index (χ2v) is 8.77. The van der Waals surface area contributed by atoms with Crippen LogP contribution in [0, 0.1) is 0 Å². The van der Waals surface area contributed by atoms with E-state index < -0.39 is 23.4 Å². The Bertz CT molecular complexity index is 1250. The van der Waals surface area contributed by atoms with E-state index in [0.717, 1.165) is 47.3 Å². The van der Waals surface area contributed by atoms with Crippen LogP contribution in [0.25, 0.3) is 10.8 Å². The number of fused-ring (bicyclic) bond motifs is 1. The third kappa shape index (κ3) is 3.80. The second-order valence-electron chi connectivity index (χ2n) is 8.77. The number of rotatable bonds is 5. The van der Waals surface area contributed by atoms with Gasteiger partial charge in [0.05, 0.1) is 11.4 Å². The quantitative estimate of drug-likeness (QED) is 0.588. The fraction of sp³-hybridized carbons (Fsp3) is 0.269. The van der Waals surface area contributed by atoms with Crippen LogP contribution in [0.3, 0.4) is 0 Å². The number of benzene rings is 3. The van der Waals surface area contributed by atoms with Gasteiger partial charge < -0.3 is 15.5 Å². The van der Waals surface area contributed by atoms with Gasteiger partial charge in [0.25, 0.3) is 5.91 Å². The van der Waals surface area contributed by atoms with Crippen molar-refractivity contribution in [2.45, 2.75) is 25.3 Å². The largest absolute Gasteiger partial charge is 0.370 e. The summed E-state index contributed by atoms with van der Waals surface area (Å²) >= 11 is 0. The van der Waals surface area contributed by atoms with Crippen LogP contribution in [0.15, 0.2) is 66.7 Å². The molecule has 168 valence electrons. The van der Waals surface area contributed by atoms with Crippen molar-refractivity contribution in [2.75, 3.05) is 29.9 Å². The predicted octanol–water partition coefficient (Wildman–Crippen LogP) is 3.85. The lowest BCUT2D eigenvalue weighted by Crippen LogP contribution is -2.42. The van der Waals surface area contributed by atoms with Crippen molar-refractivity contribution in [1.29, 1.82) is 0 Å². The number of nitrogens with zero attached hydrogens (tertiary/aromatic N) is 2. The van der Waals surface area contributed by atoms with E-state index in [9.17, 15) is 14.4 Å². The van der Waals surface area contributed by atoms with E-state index in [-0.39, 0.29) is 6.54 Å². The Hall–Kier alpha value is -3.87. The number of amides is 4. The average molecular weight is 443 g/mol. The van der Waals surface area contributed by atoms with E-state index in [1.54, 1.807) is 6.92 Å². The normalized spacial score (nSPS) is 20.4. The number of para-hydroxylation sites is 2. The lowest BCUT2D eigenvalue weighted by atomic mass is 9.90. The molecule has 7 nitrogen and oxygen atoms in total. The van der Waals surface area contributed by atoms with Crippen molar-refractivity contribution in [2.24, 2.45) is 0 Å². The highest BCUT2D eigenvalue weighted by Gasteiger charge is 2.49. The molecule has 0 spiro atoms. The summed E-state index contributed by atoms with van der Waals surface area (Å²) in [5.74, 6) is -0.848. The fourth-order valence-electron chi connectivity index (χ4n) is 4.68. The number of hydrogen-bond donors (Lipinski definition) is 2. The first-order valence-electron chi connectivity index (χ1n) is 11.2. The van der Waals surface area contributed by atoms with Crippen molar-refractivity contribution in [1.82, 2.24) is 10.2 Å². The molecule has 2 aliphatic heterocycles. The standard InChI is InChI=1S/C26H26N4O3/c1-26(20-13-12-18-8-2-3-9-19(18)16-20)24(32)30(25(33)28-26)17-23(31)27-21-10-4-5-11-22(21)29-14-6-7-15-29/h2-5,8-13,16H,6-7,14-15,17H2,1H3,(H,27,31)(H,28,33)/t26-/m0/s1. The maximum atomic E-state index is 13.3. The van der Waals surface area contributed by atoms with Crippen molar-refractivity contribution in [3.05, 3.63) is 72.3 Å². The third-order valence-electron chi connectivity index (χ3n) is 6.53. The van der Waals surface area contributed by atoms with Gasteiger partial charge in [-0.05, 0) is 54.3 Å². The highest BCUT2D eigenvalue weighted by atomic mass is 16.2. The molecule has 1 atom stereocenters. The third-order valence-corrected chi connectivity index (χ3v) is 6.53. The molecule has 3 aromatic carbocycles. The molecule has 4 amide bonds. The summed E-state index contributed by atoms with van der Waals surface area (Å²) in [6, 6.07) is 20.6. The highest BCUT2D eigenvalue weighted by molar-refractivity contribution is 6.10. The zero-order valence-electron chi connectivity index (χ0n) is 18.5. The molecule has 2 fully saturated rings. The molecule has 0 unspecified atom stereocenters. The van der Waals surface area contributed by atoms with Gasteiger partial charge in [0.15, 0.2) is 0 Å². The molecule has 2 saturated heterocycles. The van der Waals surface area contributed by atoms with Crippen LogP contribution in [-0.4, -0.2) is 42.4 Å². The lowest BCUT2D eigenvalue weighted by molar-refractivity contribution is -0.133. The summed E-state index contributed by atoms with van der Waals surface area (Å²) in [4.78, 5) is 42.1. The molecule has 5 rings (SSSR count). The van der Waals surface area contributed by atoms with Gasteiger partial charge in [-0.3, -0.25) is 14.5 Å². The lowest BCUT2D eigenvalue weighted by Gasteiger charge is -2.23. The molecule has 2 heterocycles. The SMILES string of the molecule is C[C@@]1(c2ccc3ccccc3c2)NC(=O)N(CC(=O)Nc2ccccc2N2CCCC2)C1=O. The van der Waals surface area contributed by atoms with E-state index in [0.29, 0.717) is 11.3 Å². The fourth-order valence-corrected chi connectivity index (χ4v) is 4.68. The molecule has 2 aliphatic rings. The Labute approximate surface area is 192 Å². The smallest absolute Gasteiger partial charge is 0.325 e. The second kappa shape index (κ2) is 8.24. The van der Waals surface area contributed by atoms with Gasteiger partial charge in [-0.1, -0.05) is 48.5 Å². The van der Waals surface area contributed by atoms with Crippen LogP contribution >= 0.6 is 0 Å². The molecule has 0 aromatic heterocycles. The molecule has 2 N–H and O–H groups in total. The zero-order chi connectivity index (χ0) is 23.0. The van der Waals surface area contributed by atoms with Gasteiger partial charge in [-0.25, -0.2) is 4.79 Å². The Morgan fingerprint density at radius 1 is 0.970 bits per heavy atom. The van der Waals surface area contributed by atoms with Crippen LogP contribution in [0.2, 0.25) is 0 Å². The van der Waals surface area contributed by atoms with Gasteiger partial charge in [0.2, 0.25) is 5.91 Å². The first-order chi connectivity index (χ1) is 16.0. The molecule has 0 bridgehead atoms. The predicted molar refractivity (Wildman–Crippen MR) is 128 cm³/mol. The molecular formula is C26H26N4O3. The number of imide groups is 1. The number of carbonyl (C=O) groups excluding carboxylic acids is 3. The number of carbonyl (C=O) groups is 3. The van der Waals surface area contributed by atoms with Crippen molar-refractivity contribution >= 4 is 40.0 Å². The Morgan fingerprint density at radius 3 is 2.45 bits per heavy atom. The average Bonchev–Trinajstić information content (AvgIpc) is 3.43. The first kappa shape index (κ1) is 21.0. The van der Waals surface area contributed by atoms with Crippen molar-refractivity contribution in [3.63, 3.8) is 0 Å². The van der Waals surface area contributed by atoms with Gasteiger partial charge in [-0.2, -0.15) is 0 Å². The van der Waals surface area contributed by atoms with Crippen LogP contribution in [0.4, 0.5) is 16.2 Å². The summed E-state index contributed by atoms with van der Waals surface area (Å²) in [7, 11) is 0. The van der Waals surface area contributed by atoms with Crippen LogP contribution < -0.4 is 15.5 Å². The van der Waals surface area contributed by atoms with Crippen molar-refractivity contribution < 1.29 is 14.4 Å². The molecule has 0 aliphatic carbocycles. The number of urea groups is 1. The van der Waals surface area contributed by atoms with Crippen molar-refractivity contribution in [3.8, 4) is 0 Å².